The molecule has 1 aromatic heterocycles. The summed E-state index contributed by atoms with van der Waals surface area (Å²) in [7, 11) is 0. The Labute approximate surface area is 114 Å². The molecule has 2 aromatic rings. The molecule has 2 N–H and O–H groups in total. The molecular weight excluding hydrogens is 259 g/mol. The van der Waals surface area contributed by atoms with Gasteiger partial charge < -0.3 is 10.4 Å². The van der Waals surface area contributed by atoms with Crippen LogP contribution in [-0.4, -0.2) is 15.1 Å². The molecular formula is C14H11FN4O. The van der Waals surface area contributed by atoms with Gasteiger partial charge in [-0.05, 0) is 31.0 Å². The lowest BCUT2D eigenvalue weighted by molar-refractivity contribution is 0.175. The van der Waals surface area contributed by atoms with Gasteiger partial charge >= 0.3 is 0 Å². The Morgan fingerprint density at radius 1 is 1.35 bits per heavy atom. The molecule has 0 radical (unpaired) electrons. The summed E-state index contributed by atoms with van der Waals surface area (Å²) >= 11 is 0. The Balaban J connectivity index is 1.97. The number of benzene rings is 1. The van der Waals surface area contributed by atoms with Crippen molar-refractivity contribution in [1.82, 2.24) is 9.97 Å². The molecule has 5 nitrogen and oxygen atoms in total. The first-order valence-electron chi connectivity index (χ1n) is 6.17. The molecule has 1 aromatic carbocycles. The van der Waals surface area contributed by atoms with Crippen molar-refractivity contribution in [3.05, 3.63) is 47.2 Å². The Bertz CT molecular complexity index is 711. The van der Waals surface area contributed by atoms with Crippen LogP contribution in [0.3, 0.4) is 0 Å². The molecule has 0 saturated carbocycles. The standard InChI is InChI=1S/C14H11FN4O/c15-9-3-8(6-16)4-10(5-9)19-14-11-1-2-12(20)13(11)17-7-18-14/h3-5,7,12,20H,1-2H2,(H,17,18,19). The summed E-state index contributed by atoms with van der Waals surface area (Å²) in [5, 5.41) is 21.6. The molecule has 0 aliphatic heterocycles. The molecule has 1 aliphatic rings. The van der Waals surface area contributed by atoms with Crippen molar-refractivity contribution >= 4 is 11.5 Å². The summed E-state index contributed by atoms with van der Waals surface area (Å²) in [4.78, 5) is 8.19. The van der Waals surface area contributed by atoms with E-state index >= 15 is 0 Å². The van der Waals surface area contributed by atoms with Gasteiger partial charge in [0.25, 0.3) is 0 Å². The van der Waals surface area contributed by atoms with Crippen molar-refractivity contribution in [3.8, 4) is 6.07 Å². The molecule has 3 rings (SSSR count). The number of anilines is 2. The summed E-state index contributed by atoms with van der Waals surface area (Å²) in [5.74, 6) is 0.0540. The fraction of sp³-hybridized carbons (Fsp3) is 0.214. The van der Waals surface area contributed by atoms with Crippen molar-refractivity contribution < 1.29 is 9.50 Å². The van der Waals surface area contributed by atoms with E-state index in [1.165, 1.54) is 18.5 Å². The number of aliphatic hydroxyl groups excluding tert-OH is 1. The van der Waals surface area contributed by atoms with E-state index in [1.807, 2.05) is 6.07 Å². The number of nitrogens with one attached hydrogen (secondary N) is 1. The number of nitrogens with zero attached hydrogens (tertiary/aromatic N) is 3. The van der Waals surface area contributed by atoms with Crippen molar-refractivity contribution in [2.45, 2.75) is 18.9 Å². The van der Waals surface area contributed by atoms with Crippen LogP contribution in [0.1, 0.15) is 29.3 Å². The fourth-order valence-corrected chi connectivity index (χ4v) is 2.35. The zero-order chi connectivity index (χ0) is 14.1. The van der Waals surface area contributed by atoms with Crippen molar-refractivity contribution in [2.75, 3.05) is 5.32 Å². The monoisotopic (exact) mass is 270 g/mol. The third kappa shape index (κ3) is 2.19. The SMILES string of the molecule is N#Cc1cc(F)cc(Nc2ncnc3c2CCC3O)c1. The smallest absolute Gasteiger partial charge is 0.137 e. The highest BCUT2D eigenvalue weighted by Crippen LogP contribution is 2.33. The molecule has 1 unspecified atom stereocenters. The number of rotatable bonds is 2. The first kappa shape index (κ1) is 12.5. The van der Waals surface area contributed by atoms with Gasteiger partial charge in [-0.1, -0.05) is 0 Å². The normalized spacial score (nSPS) is 16.6. The highest BCUT2D eigenvalue weighted by molar-refractivity contribution is 5.62. The van der Waals surface area contributed by atoms with E-state index in [9.17, 15) is 9.50 Å². The number of hydrogen-bond donors (Lipinski definition) is 2. The van der Waals surface area contributed by atoms with Gasteiger partial charge in [0.15, 0.2) is 0 Å². The molecule has 100 valence electrons. The molecule has 0 spiro atoms. The summed E-state index contributed by atoms with van der Waals surface area (Å²) in [6, 6.07) is 5.90. The van der Waals surface area contributed by atoms with Gasteiger partial charge in [-0.3, -0.25) is 0 Å². The van der Waals surface area contributed by atoms with Crippen LogP contribution in [0.5, 0.6) is 0 Å². The van der Waals surface area contributed by atoms with E-state index in [0.717, 1.165) is 5.56 Å². The largest absolute Gasteiger partial charge is 0.387 e. The summed E-state index contributed by atoms with van der Waals surface area (Å²) in [6.07, 6.45) is 2.06. The van der Waals surface area contributed by atoms with Gasteiger partial charge in [-0.15, -0.1) is 0 Å². The van der Waals surface area contributed by atoms with Crippen LogP contribution >= 0.6 is 0 Å². The van der Waals surface area contributed by atoms with Crippen LogP contribution < -0.4 is 5.32 Å². The van der Waals surface area contributed by atoms with Gasteiger partial charge in [0.1, 0.15) is 18.0 Å². The number of fused-ring (bicyclic) bond motifs is 1. The average molecular weight is 270 g/mol. The molecule has 0 saturated heterocycles. The number of nitriles is 1. The van der Waals surface area contributed by atoms with E-state index < -0.39 is 11.9 Å². The minimum atomic E-state index is -0.573. The van der Waals surface area contributed by atoms with E-state index in [0.29, 0.717) is 30.0 Å². The summed E-state index contributed by atoms with van der Waals surface area (Å²) < 4.78 is 13.4. The van der Waals surface area contributed by atoms with Gasteiger partial charge in [0.2, 0.25) is 0 Å². The van der Waals surface area contributed by atoms with Crippen molar-refractivity contribution in [1.29, 1.82) is 5.26 Å². The van der Waals surface area contributed by atoms with E-state index in [1.54, 1.807) is 6.07 Å². The predicted molar refractivity (Wildman–Crippen MR) is 69.7 cm³/mol. The van der Waals surface area contributed by atoms with E-state index in [4.69, 9.17) is 5.26 Å². The second kappa shape index (κ2) is 4.87. The Hall–Kier alpha value is -2.52. The van der Waals surface area contributed by atoms with Gasteiger partial charge in [-0.25, -0.2) is 14.4 Å². The number of aliphatic hydroxyl groups is 1. The van der Waals surface area contributed by atoms with Gasteiger partial charge in [0.05, 0.1) is 23.4 Å². The minimum Gasteiger partial charge on any atom is -0.387 e. The van der Waals surface area contributed by atoms with Gasteiger partial charge in [-0.2, -0.15) is 5.26 Å². The zero-order valence-electron chi connectivity index (χ0n) is 10.5. The number of aromatic nitrogens is 2. The molecule has 6 heteroatoms. The predicted octanol–water partition coefficient (Wildman–Crippen LogP) is 2.21. The molecule has 0 bridgehead atoms. The average Bonchev–Trinajstić information content (AvgIpc) is 2.81. The minimum absolute atomic E-state index is 0.234. The van der Waals surface area contributed by atoms with Crippen LogP contribution in [0, 0.1) is 17.1 Å². The van der Waals surface area contributed by atoms with Crippen molar-refractivity contribution in [3.63, 3.8) is 0 Å². The Morgan fingerprint density at radius 3 is 3.00 bits per heavy atom. The zero-order valence-corrected chi connectivity index (χ0v) is 10.5. The molecule has 0 fully saturated rings. The van der Waals surface area contributed by atoms with Crippen LogP contribution in [0.25, 0.3) is 0 Å². The van der Waals surface area contributed by atoms with E-state index in [2.05, 4.69) is 15.3 Å². The lowest BCUT2D eigenvalue weighted by Gasteiger charge is -2.10. The Morgan fingerprint density at radius 2 is 2.20 bits per heavy atom. The lowest BCUT2D eigenvalue weighted by Crippen LogP contribution is -2.02. The van der Waals surface area contributed by atoms with E-state index in [-0.39, 0.29) is 5.56 Å². The second-order valence-electron chi connectivity index (χ2n) is 4.61. The molecule has 1 atom stereocenters. The number of halogens is 1. The summed E-state index contributed by atoms with van der Waals surface area (Å²) in [6.45, 7) is 0. The third-order valence-electron chi connectivity index (χ3n) is 3.25. The molecule has 1 aliphatic carbocycles. The Kier molecular flexibility index (Phi) is 3.05. The first-order chi connectivity index (χ1) is 9.67. The van der Waals surface area contributed by atoms with Crippen LogP contribution in [-0.2, 0) is 6.42 Å². The molecule has 0 amide bonds. The lowest BCUT2D eigenvalue weighted by atomic mass is 10.2. The van der Waals surface area contributed by atoms with Gasteiger partial charge in [0, 0.05) is 11.3 Å². The quantitative estimate of drug-likeness (QED) is 0.874. The van der Waals surface area contributed by atoms with Crippen LogP contribution in [0.15, 0.2) is 24.5 Å². The fourth-order valence-electron chi connectivity index (χ4n) is 2.35. The van der Waals surface area contributed by atoms with Crippen LogP contribution in [0.4, 0.5) is 15.9 Å². The molecule has 20 heavy (non-hydrogen) atoms. The maximum atomic E-state index is 13.4. The highest BCUT2D eigenvalue weighted by Gasteiger charge is 2.25. The number of hydrogen-bond acceptors (Lipinski definition) is 5. The maximum Gasteiger partial charge on any atom is 0.137 e. The highest BCUT2D eigenvalue weighted by atomic mass is 19.1. The topological polar surface area (TPSA) is 81.8 Å². The van der Waals surface area contributed by atoms with Crippen molar-refractivity contribution in [2.24, 2.45) is 0 Å². The third-order valence-corrected chi connectivity index (χ3v) is 3.25. The molecule has 1 heterocycles. The first-order valence-corrected chi connectivity index (χ1v) is 6.17. The van der Waals surface area contributed by atoms with Crippen LogP contribution in [0.2, 0.25) is 0 Å². The summed E-state index contributed by atoms with van der Waals surface area (Å²) in [5.41, 5.74) is 2.13. The maximum absolute atomic E-state index is 13.4. The second-order valence-corrected chi connectivity index (χ2v) is 4.61.